The van der Waals surface area contributed by atoms with Crippen molar-refractivity contribution in [3.8, 4) is 0 Å². The third kappa shape index (κ3) is 3.84. The molecule has 0 aromatic carbocycles. The highest BCUT2D eigenvalue weighted by Crippen LogP contribution is 2.03. The van der Waals surface area contributed by atoms with Gasteiger partial charge in [-0.3, -0.25) is 0 Å². The van der Waals surface area contributed by atoms with Gasteiger partial charge in [0.15, 0.2) is 0 Å². The predicted molar refractivity (Wildman–Crippen MR) is 64.3 cm³/mol. The van der Waals surface area contributed by atoms with Crippen LogP contribution in [0.15, 0.2) is 12.4 Å². The van der Waals surface area contributed by atoms with Gasteiger partial charge in [-0.05, 0) is 12.8 Å². The number of hydrogen-bond acceptors (Lipinski definition) is 2. The minimum absolute atomic E-state index is 0.399. The molecule has 0 radical (unpaired) electrons. The van der Waals surface area contributed by atoms with Crippen LogP contribution >= 0.6 is 11.6 Å². The summed E-state index contributed by atoms with van der Waals surface area (Å²) in [6.45, 7) is 8.27. The van der Waals surface area contributed by atoms with E-state index in [-0.39, 0.29) is 0 Å². The number of imidazole rings is 1. The summed E-state index contributed by atoms with van der Waals surface area (Å²) in [6.07, 6.45) is 3.83. The maximum atomic E-state index is 5.87. The number of aromatic nitrogens is 2. The molecule has 3 nitrogen and oxygen atoms in total. The van der Waals surface area contributed by atoms with E-state index in [1.165, 1.54) is 0 Å². The Morgan fingerprint density at radius 3 is 2.73 bits per heavy atom. The summed E-state index contributed by atoms with van der Waals surface area (Å²) < 4.78 is 2.14. The first-order chi connectivity index (χ1) is 7.15. The second kappa shape index (κ2) is 6.13. The fourth-order valence-electron chi connectivity index (χ4n) is 1.48. The van der Waals surface area contributed by atoms with Gasteiger partial charge in [0.1, 0.15) is 5.82 Å². The predicted octanol–water partition coefficient (Wildman–Crippen LogP) is 2.04. The fraction of sp³-hybridized carbons (Fsp3) is 0.727. The molecule has 0 aliphatic heterocycles. The summed E-state index contributed by atoms with van der Waals surface area (Å²) >= 11 is 5.87. The molecule has 1 rings (SSSR count). The number of nitrogens with zero attached hydrogens (tertiary/aromatic N) is 2. The highest BCUT2D eigenvalue weighted by Gasteiger charge is 2.10. The van der Waals surface area contributed by atoms with Crippen molar-refractivity contribution in [3.05, 3.63) is 18.2 Å². The van der Waals surface area contributed by atoms with Crippen LogP contribution in [-0.4, -0.2) is 28.0 Å². The molecule has 1 heterocycles. The van der Waals surface area contributed by atoms with Crippen molar-refractivity contribution < 1.29 is 0 Å². The Kier molecular flexibility index (Phi) is 5.12. The number of halogens is 1. The van der Waals surface area contributed by atoms with Gasteiger partial charge in [-0.25, -0.2) is 4.98 Å². The largest absolute Gasteiger partial charge is 0.334 e. The molecular formula is C11H20ClN3. The summed E-state index contributed by atoms with van der Waals surface area (Å²) in [5.74, 6) is 2.30. The third-order valence-corrected chi connectivity index (χ3v) is 2.99. The van der Waals surface area contributed by atoms with Crippen molar-refractivity contribution >= 4 is 11.6 Å². The minimum Gasteiger partial charge on any atom is -0.334 e. The summed E-state index contributed by atoms with van der Waals surface area (Å²) in [6, 6.07) is 0.399. The Balaban J connectivity index is 2.29. The summed E-state index contributed by atoms with van der Waals surface area (Å²) in [7, 11) is 0. The Hall–Kier alpha value is -0.540. The van der Waals surface area contributed by atoms with Gasteiger partial charge in [-0.1, -0.05) is 13.8 Å². The summed E-state index contributed by atoms with van der Waals surface area (Å²) in [4.78, 5) is 4.18. The normalized spacial score (nSPS) is 13.4. The molecule has 0 aliphatic rings. The Morgan fingerprint density at radius 1 is 1.53 bits per heavy atom. The first-order valence-corrected chi connectivity index (χ1v) is 5.95. The van der Waals surface area contributed by atoms with E-state index in [1.54, 1.807) is 0 Å². The molecule has 1 N–H and O–H groups in total. The molecule has 86 valence electrons. The number of hydrogen-bond donors (Lipinski definition) is 1. The molecule has 15 heavy (non-hydrogen) atoms. The highest BCUT2D eigenvalue weighted by molar-refractivity contribution is 6.18. The quantitative estimate of drug-likeness (QED) is 0.757. The topological polar surface area (TPSA) is 29.9 Å². The van der Waals surface area contributed by atoms with Crippen LogP contribution in [0.1, 0.15) is 19.7 Å². The Morgan fingerprint density at radius 2 is 2.27 bits per heavy atom. The molecule has 0 saturated heterocycles. The zero-order chi connectivity index (χ0) is 11.3. The van der Waals surface area contributed by atoms with Crippen LogP contribution in [0, 0.1) is 12.8 Å². The lowest BCUT2D eigenvalue weighted by Gasteiger charge is -2.19. The van der Waals surface area contributed by atoms with E-state index in [0.717, 1.165) is 18.9 Å². The fourth-order valence-corrected chi connectivity index (χ4v) is 1.94. The second-order valence-electron chi connectivity index (χ2n) is 4.13. The molecule has 4 heteroatoms. The lowest BCUT2D eigenvalue weighted by atomic mass is 10.1. The molecule has 1 aromatic rings. The molecule has 0 saturated carbocycles. The van der Waals surface area contributed by atoms with Gasteiger partial charge in [0, 0.05) is 37.4 Å². The van der Waals surface area contributed by atoms with Crippen molar-refractivity contribution in [2.45, 2.75) is 33.4 Å². The van der Waals surface area contributed by atoms with Gasteiger partial charge < -0.3 is 9.88 Å². The van der Waals surface area contributed by atoms with Gasteiger partial charge in [-0.2, -0.15) is 0 Å². The van der Waals surface area contributed by atoms with E-state index in [0.29, 0.717) is 17.8 Å². The van der Waals surface area contributed by atoms with Crippen LogP contribution < -0.4 is 5.32 Å². The molecule has 0 fully saturated rings. The van der Waals surface area contributed by atoms with E-state index >= 15 is 0 Å². The van der Waals surface area contributed by atoms with Crippen LogP contribution in [0.2, 0.25) is 0 Å². The SMILES string of the molecule is Cc1nccn1CCNC(CCl)C(C)C. The maximum absolute atomic E-state index is 5.87. The van der Waals surface area contributed by atoms with Gasteiger partial charge >= 0.3 is 0 Å². The molecule has 1 aromatic heterocycles. The van der Waals surface area contributed by atoms with E-state index in [4.69, 9.17) is 11.6 Å². The van der Waals surface area contributed by atoms with Crippen LogP contribution in [0.25, 0.3) is 0 Å². The molecule has 0 spiro atoms. The zero-order valence-corrected chi connectivity index (χ0v) is 10.5. The molecule has 0 amide bonds. The van der Waals surface area contributed by atoms with E-state index in [2.05, 4.69) is 28.7 Å². The van der Waals surface area contributed by atoms with Crippen LogP contribution in [0.4, 0.5) is 0 Å². The first kappa shape index (κ1) is 12.5. The highest BCUT2D eigenvalue weighted by atomic mass is 35.5. The van der Waals surface area contributed by atoms with Gasteiger partial charge in [0.2, 0.25) is 0 Å². The molecular weight excluding hydrogens is 210 g/mol. The van der Waals surface area contributed by atoms with Crippen LogP contribution in [0.3, 0.4) is 0 Å². The lowest BCUT2D eigenvalue weighted by molar-refractivity contribution is 0.419. The average molecular weight is 230 g/mol. The smallest absolute Gasteiger partial charge is 0.105 e. The number of rotatable bonds is 6. The molecule has 1 atom stereocenters. The minimum atomic E-state index is 0.399. The average Bonchev–Trinajstić information content (AvgIpc) is 2.58. The van der Waals surface area contributed by atoms with Gasteiger partial charge in [-0.15, -0.1) is 11.6 Å². The molecule has 0 bridgehead atoms. The van der Waals surface area contributed by atoms with E-state index in [1.807, 2.05) is 19.3 Å². The third-order valence-electron chi connectivity index (χ3n) is 2.65. The van der Waals surface area contributed by atoms with E-state index in [9.17, 15) is 0 Å². The Labute approximate surface area is 96.8 Å². The second-order valence-corrected chi connectivity index (χ2v) is 4.44. The van der Waals surface area contributed by atoms with Crippen LogP contribution in [0.5, 0.6) is 0 Å². The van der Waals surface area contributed by atoms with Crippen LogP contribution in [-0.2, 0) is 6.54 Å². The van der Waals surface area contributed by atoms with Crippen molar-refractivity contribution in [1.29, 1.82) is 0 Å². The first-order valence-electron chi connectivity index (χ1n) is 5.42. The number of alkyl halides is 1. The standard InChI is InChI=1S/C11H20ClN3/c1-9(2)11(8-12)14-5-7-15-6-4-13-10(15)3/h4,6,9,11,14H,5,7-8H2,1-3H3. The lowest BCUT2D eigenvalue weighted by Crippen LogP contribution is -2.37. The monoisotopic (exact) mass is 229 g/mol. The maximum Gasteiger partial charge on any atom is 0.105 e. The zero-order valence-electron chi connectivity index (χ0n) is 9.70. The molecule has 1 unspecified atom stereocenters. The van der Waals surface area contributed by atoms with Crippen molar-refractivity contribution in [3.63, 3.8) is 0 Å². The van der Waals surface area contributed by atoms with E-state index < -0.39 is 0 Å². The Bertz CT molecular complexity index is 283. The van der Waals surface area contributed by atoms with Gasteiger partial charge in [0.05, 0.1) is 0 Å². The van der Waals surface area contributed by atoms with Crippen molar-refractivity contribution in [2.24, 2.45) is 5.92 Å². The summed E-state index contributed by atoms with van der Waals surface area (Å²) in [5.41, 5.74) is 0. The summed E-state index contributed by atoms with van der Waals surface area (Å²) in [5, 5.41) is 3.45. The van der Waals surface area contributed by atoms with Gasteiger partial charge in [0.25, 0.3) is 0 Å². The van der Waals surface area contributed by atoms with Crippen molar-refractivity contribution in [2.75, 3.05) is 12.4 Å². The number of aryl methyl sites for hydroxylation is 1. The number of nitrogens with one attached hydrogen (secondary N) is 1. The van der Waals surface area contributed by atoms with Crippen molar-refractivity contribution in [1.82, 2.24) is 14.9 Å². The molecule has 0 aliphatic carbocycles.